The molecule has 1 heterocycles. The van der Waals surface area contributed by atoms with Gasteiger partial charge in [-0.05, 0) is 47.3 Å². The Bertz CT molecular complexity index is 469. The molecule has 0 aliphatic carbocycles. The van der Waals surface area contributed by atoms with E-state index >= 15 is 0 Å². The van der Waals surface area contributed by atoms with Crippen molar-refractivity contribution in [3.05, 3.63) is 58.3 Å². The number of benzene rings is 1. The van der Waals surface area contributed by atoms with Crippen LogP contribution in [0.25, 0.3) is 0 Å². The topological polar surface area (TPSA) is 21.3 Å². The van der Waals surface area contributed by atoms with Crippen molar-refractivity contribution >= 4 is 11.3 Å². The third kappa shape index (κ3) is 4.17. The summed E-state index contributed by atoms with van der Waals surface area (Å²) >= 11 is 1.76. The first-order valence-corrected chi connectivity index (χ1v) is 8.11. The summed E-state index contributed by atoms with van der Waals surface area (Å²) in [4.78, 5) is 0. The van der Waals surface area contributed by atoms with Gasteiger partial charge in [-0.15, -0.1) is 0 Å². The summed E-state index contributed by atoms with van der Waals surface area (Å²) < 4.78 is 5.76. The predicted molar refractivity (Wildman–Crippen MR) is 86.3 cm³/mol. The normalized spacial score (nSPS) is 14.1. The molecule has 0 aliphatic rings. The monoisotopic (exact) mass is 289 g/mol. The van der Waals surface area contributed by atoms with Crippen LogP contribution < -0.4 is 5.32 Å². The van der Waals surface area contributed by atoms with Crippen molar-refractivity contribution in [3.8, 4) is 0 Å². The first-order chi connectivity index (χ1) is 9.85. The fourth-order valence-corrected chi connectivity index (χ4v) is 3.26. The molecule has 0 saturated carbocycles. The van der Waals surface area contributed by atoms with E-state index < -0.39 is 0 Å². The molecule has 0 fully saturated rings. The van der Waals surface area contributed by atoms with Gasteiger partial charge in [0.05, 0.1) is 6.10 Å². The zero-order valence-corrected chi connectivity index (χ0v) is 13.0. The van der Waals surface area contributed by atoms with Gasteiger partial charge in [-0.2, -0.15) is 11.3 Å². The number of aryl methyl sites for hydroxylation is 1. The number of methoxy groups -OCH3 is 1. The molecule has 0 bridgehead atoms. The van der Waals surface area contributed by atoms with E-state index in [1.807, 2.05) is 6.07 Å². The van der Waals surface area contributed by atoms with Gasteiger partial charge in [0.25, 0.3) is 0 Å². The van der Waals surface area contributed by atoms with Gasteiger partial charge in [0, 0.05) is 13.2 Å². The van der Waals surface area contributed by atoms with Gasteiger partial charge >= 0.3 is 0 Å². The Labute approximate surface area is 125 Å². The molecule has 2 rings (SSSR count). The third-order valence-corrected chi connectivity index (χ3v) is 4.27. The van der Waals surface area contributed by atoms with Crippen molar-refractivity contribution in [1.29, 1.82) is 0 Å². The summed E-state index contributed by atoms with van der Waals surface area (Å²) in [5, 5.41) is 7.94. The number of ether oxygens (including phenoxy) is 1. The molecule has 2 nitrogen and oxygen atoms in total. The van der Waals surface area contributed by atoms with E-state index in [1.54, 1.807) is 18.4 Å². The quantitative estimate of drug-likeness (QED) is 0.791. The standard InChI is InChI=1S/C17H23NOS/c1-3-18-16(10-9-14-11-12-20-13-14)17(19-2)15-7-5-4-6-8-15/h4-8,11-13,16-18H,3,9-10H2,1-2H3. The van der Waals surface area contributed by atoms with Crippen molar-refractivity contribution in [1.82, 2.24) is 5.32 Å². The molecule has 0 aliphatic heterocycles. The van der Waals surface area contributed by atoms with Gasteiger partial charge in [0.1, 0.15) is 0 Å². The molecule has 20 heavy (non-hydrogen) atoms. The summed E-state index contributed by atoms with van der Waals surface area (Å²) in [6.07, 6.45) is 2.28. The Morgan fingerprint density at radius 1 is 1.20 bits per heavy atom. The van der Waals surface area contributed by atoms with Gasteiger partial charge in [-0.1, -0.05) is 37.3 Å². The predicted octanol–water partition coefficient (Wildman–Crippen LogP) is 4.05. The third-order valence-electron chi connectivity index (χ3n) is 3.54. The average Bonchev–Trinajstić information content (AvgIpc) is 3.00. The highest BCUT2D eigenvalue weighted by atomic mass is 32.1. The molecule has 3 heteroatoms. The van der Waals surface area contributed by atoms with Crippen LogP contribution in [0.15, 0.2) is 47.2 Å². The first kappa shape index (κ1) is 15.2. The van der Waals surface area contributed by atoms with Gasteiger partial charge in [-0.25, -0.2) is 0 Å². The Morgan fingerprint density at radius 3 is 2.60 bits per heavy atom. The summed E-state index contributed by atoms with van der Waals surface area (Å²) in [6, 6.07) is 13.0. The van der Waals surface area contributed by atoms with E-state index in [4.69, 9.17) is 4.74 Å². The van der Waals surface area contributed by atoms with Crippen LogP contribution in [0.2, 0.25) is 0 Å². The van der Waals surface area contributed by atoms with Crippen LogP contribution in [0, 0.1) is 0 Å². The number of hydrogen-bond donors (Lipinski definition) is 1. The van der Waals surface area contributed by atoms with E-state index in [-0.39, 0.29) is 6.10 Å². The lowest BCUT2D eigenvalue weighted by Gasteiger charge is -2.27. The molecule has 1 N–H and O–H groups in total. The lowest BCUT2D eigenvalue weighted by molar-refractivity contribution is 0.0655. The maximum absolute atomic E-state index is 5.76. The molecule has 1 aromatic carbocycles. The van der Waals surface area contributed by atoms with E-state index in [0.29, 0.717) is 6.04 Å². The van der Waals surface area contributed by atoms with Gasteiger partial charge < -0.3 is 10.1 Å². The Hall–Kier alpha value is -1.16. The van der Waals surface area contributed by atoms with Crippen LogP contribution in [0.3, 0.4) is 0 Å². The van der Waals surface area contributed by atoms with Crippen molar-refractivity contribution in [2.24, 2.45) is 0 Å². The minimum absolute atomic E-state index is 0.106. The molecule has 0 radical (unpaired) electrons. The fourth-order valence-electron chi connectivity index (χ4n) is 2.56. The lowest BCUT2D eigenvalue weighted by Crippen LogP contribution is -2.36. The molecule has 0 spiro atoms. The molecule has 2 atom stereocenters. The second-order valence-electron chi connectivity index (χ2n) is 4.90. The van der Waals surface area contributed by atoms with E-state index in [1.165, 1.54) is 11.1 Å². The molecule has 2 unspecified atom stereocenters. The fraction of sp³-hybridized carbons (Fsp3) is 0.412. The summed E-state index contributed by atoms with van der Waals surface area (Å²) in [6.45, 7) is 3.11. The number of likely N-dealkylation sites (N-methyl/N-ethyl adjacent to an activating group) is 1. The summed E-state index contributed by atoms with van der Waals surface area (Å²) in [5.41, 5.74) is 2.66. The molecule has 108 valence electrons. The maximum atomic E-state index is 5.76. The highest BCUT2D eigenvalue weighted by Crippen LogP contribution is 2.24. The van der Waals surface area contributed by atoms with Crippen LogP contribution in [0.4, 0.5) is 0 Å². The Morgan fingerprint density at radius 2 is 2.00 bits per heavy atom. The van der Waals surface area contributed by atoms with Crippen molar-refractivity contribution in [2.75, 3.05) is 13.7 Å². The van der Waals surface area contributed by atoms with Crippen LogP contribution in [0.5, 0.6) is 0 Å². The summed E-state index contributed by atoms with van der Waals surface area (Å²) in [7, 11) is 1.80. The van der Waals surface area contributed by atoms with E-state index in [2.05, 4.69) is 53.3 Å². The van der Waals surface area contributed by atoms with Crippen molar-refractivity contribution in [3.63, 3.8) is 0 Å². The maximum Gasteiger partial charge on any atom is 0.0974 e. The van der Waals surface area contributed by atoms with E-state index in [0.717, 1.165) is 19.4 Å². The average molecular weight is 289 g/mol. The molecule has 0 saturated heterocycles. The highest BCUT2D eigenvalue weighted by Gasteiger charge is 2.21. The van der Waals surface area contributed by atoms with Gasteiger partial charge in [0.15, 0.2) is 0 Å². The van der Waals surface area contributed by atoms with Crippen molar-refractivity contribution in [2.45, 2.75) is 31.9 Å². The second kappa shape index (κ2) is 8.20. The van der Waals surface area contributed by atoms with Crippen LogP contribution in [-0.4, -0.2) is 19.7 Å². The van der Waals surface area contributed by atoms with Crippen LogP contribution in [0.1, 0.15) is 30.6 Å². The number of nitrogens with one attached hydrogen (secondary N) is 1. The minimum Gasteiger partial charge on any atom is -0.375 e. The van der Waals surface area contributed by atoms with Crippen molar-refractivity contribution < 1.29 is 4.74 Å². The number of hydrogen-bond acceptors (Lipinski definition) is 3. The largest absolute Gasteiger partial charge is 0.375 e. The molecular weight excluding hydrogens is 266 g/mol. The van der Waals surface area contributed by atoms with Crippen LogP contribution in [-0.2, 0) is 11.2 Å². The zero-order chi connectivity index (χ0) is 14.2. The molecule has 0 amide bonds. The Kier molecular flexibility index (Phi) is 6.25. The number of rotatable bonds is 8. The number of thiophene rings is 1. The van der Waals surface area contributed by atoms with Gasteiger partial charge in [-0.3, -0.25) is 0 Å². The minimum atomic E-state index is 0.106. The van der Waals surface area contributed by atoms with E-state index in [9.17, 15) is 0 Å². The van der Waals surface area contributed by atoms with Crippen LogP contribution >= 0.6 is 11.3 Å². The Balaban J connectivity index is 2.05. The van der Waals surface area contributed by atoms with Gasteiger partial charge in [0.2, 0.25) is 0 Å². The second-order valence-corrected chi connectivity index (χ2v) is 5.68. The molecular formula is C17H23NOS. The lowest BCUT2D eigenvalue weighted by atomic mass is 9.97. The zero-order valence-electron chi connectivity index (χ0n) is 12.2. The first-order valence-electron chi connectivity index (χ1n) is 7.17. The molecule has 1 aromatic heterocycles. The molecule has 2 aromatic rings. The summed E-state index contributed by atoms with van der Waals surface area (Å²) in [5.74, 6) is 0. The smallest absolute Gasteiger partial charge is 0.0974 e. The SMILES string of the molecule is CCNC(CCc1ccsc1)C(OC)c1ccccc1. The highest BCUT2D eigenvalue weighted by molar-refractivity contribution is 7.07.